The number of hydrogen-bond acceptors (Lipinski definition) is 5. The Labute approximate surface area is 132 Å². The van der Waals surface area contributed by atoms with Crippen molar-refractivity contribution in [2.45, 2.75) is 13.8 Å². The molecule has 0 amide bonds. The molecule has 5 heteroatoms. The fourth-order valence-electron chi connectivity index (χ4n) is 2.13. The summed E-state index contributed by atoms with van der Waals surface area (Å²) in [5, 5.41) is 25.0. The lowest BCUT2D eigenvalue weighted by Crippen LogP contribution is -1.93. The Hall–Kier alpha value is -2.53. The first-order valence-corrected chi connectivity index (χ1v) is 7.73. The molecular weight excluding hydrogens is 296 g/mol. The Morgan fingerprint density at radius 1 is 1.00 bits per heavy atom. The number of nitrogens with one attached hydrogen (secondary N) is 1. The van der Waals surface area contributed by atoms with E-state index >= 15 is 0 Å². The second-order valence-electron chi connectivity index (χ2n) is 5.18. The van der Waals surface area contributed by atoms with Crippen LogP contribution in [0.2, 0.25) is 0 Å². The summed E-state index contributed by atoms with van der Waals surface area (Å²) in [7, 11) is 0. The van der Waals surface area contributed by atoms with Gasteiger partial charge in [-0.1, -0.05) is 12.1 Å². The maximum atomic E-state index is 9.58. The van der Waals surface area contributed by atoms with Crippen LogP contribution in [0.15, 0.2) is 41.8 Å². The molecule has 3 aromatic rings. The molecule has 0 aliphatic heterocycles. The van der Waals surface area contributed by atoms with E-state index in [0.717, 1.165) is 27.6 Å². The summed E-state index contributed by atoms with van der Waals surface area (Å²) in [6.07, 6.45) is 0. The van der Waals surface area contributed by atoms with Crippen LogP contribution in [0, 0.1) is 13.8 Å². The van der Waals surface area contributed by atoms with Crippen LogP contribution in [0.1, 0.15) is 11.1 Å². The summed E-state index contributed by atoms with van der Waals surface area (Å²) < 4.78 is 0. The molecule has 112 valence electrons. The predicted octanol–water partition coefficient (Wildman–Crippen LogP) is 4.58. The van der Waals surface area contributed by atoms with Crippen molar-refractivity contribution in [3.05, 3.63) is 52.9 Å². The molecule has 22 heavy (non-hydrogen) atoms. The third-order valence-corrected chi connectivity index (χ3v) is 4.17. The van der Waals surface area contributed by atoms with Crippen molar-refractivity contribution >= 4 is 22.2 Å². The molecule has 0 atom stereocenters. The molecule has 0 saturated carbocycles. The molecule has 0 unspecified atom stereocenters. The van der Waals surface area contributed by atoms with E-state index in [1.54, 1.807) is 6.07 Å². The number of aryl methyl sites for hydroxylation is 2. The molecule has 0 saturated heterocycles. The zero-order chi connectivity index (χ0) is 15.7. The van der Waals surface area contributed by atoms with Crippen LogP contribution in [0.4, 0.5) is 10.8 Å². The second-order valence-corrected chi connectivity index (χ2v) is 6.04. The van der Waals surface area contributed by atoms with E-state index in [2.05, 4.69) is 35.4 Å². The highest BCUT2D eigenvalue weighted by Gasteiger charge is 2.08. The van der Waals surface area contributed by atoms with Gasteiger partial charge in [0.2, 0.25) is 0 Å². The smallest absolute Gasteiger partial charge is 0.187 e. The van der Waals surface area contributed by atoms with Crippen LogP contribution in [0.25, 0.3) is 11.3 Å². The molecule has 2 aromatic carbocycles. The lowest BCUT2D eigenvalue weighted by atomic mass is 10.1. The maximum absolute atomic E-state index is 9.58. The summed E-state index contributed by atoms with van der Waals surface area (Å²) >= 11 is 1.50. The van der Waals surface area contributed by atoms with Crippen LogP contribution >= 0.6 is 11.3 Å². The molecule has 0 aliphatic rings. The van der Waals surface area contributed by atoms with Gasteiger partial charge in [0, 0.05) is 16.6 Å². The Balaban J connectivity index is 1.87. The van der Waals surface area contributed by atoms with Gasteiger partial charge >= 0.3 is 0 Å². The van der Waals surface area contributed by atoms with E-state index in [1.165, 1.54) is 29.0 Å². The van der Waals surface area contributed by atoms with E-state index in [4.69, 9.17) is 0 Å². The van der Waals surface area contributed by atoms with E-state index in [-0.39, 0.29) is 11.5 Å². The number of anilines is 2. The normalized spacial score (nSPS) is 10.6. The van der Waals surface area contributed by atoms with Crippen LogP contribution in [0.5, 0.6) is 11.5 Å². The minimum Gasteiger partial charge on any atom is -0.504 e. The quantitative estimate of drug-likeness (QED) is 0.619. The number of aromatic hydroxyl groups is 2. The molecule has 3 N–H and O–H groups in total. The van der Waals surface area contributed by atoms with Crippen molar-refractivity contribution in [3.8, 4) is 22.8 Å². The van der Waals surface area contributed by atoms with Crippen LogP contribution < -0.4 is 5.32 Å². The monoisotopic (exact) mass is 312 g/mol. The van der Waals surface area contributed by atoms with Gasteiger partial charge in [-0.15, -0.1) is 11.3 Å². The topological polar surface area (TPSA) is 65.4 Å². The fourth-order valence-corrected chi connectivity index (χ4v) is 2.86. The zero-order valence-corrected chi connectivity index (χ0v) is 13.1. The zero-order valence-electron chi connectivity index (χ0n) is 12.3. The lowest BCUT2D eigenvalue weighted by Gasteiger charge is -2.07. The standard InChI is InChI=1S/C17H16N2O2S/c1-10-3-4-11(2)13(7-10)18-17-19-14(9-22-17)12-5-6-15(20)16(21)8-12/h3-9,20-21H,1-2H3,(H,18,19). The molecule has 0 spiro atoms. The van der Waals surface area contributed by atoms with Gasteiger partial charge in [0.1, 0.15) is 0 Å². The minimum absolute atomic E-state index is 0.132. The summed E-state index contributed by atoms with van der Waals surface area (Å²) in [5.41, 5.74) is 4.90. The number of hydrogen-bond donors (Lipinski definition) is 3. The number of nitrogens with zero attached hydrogens (tertiary/aromatic N) is 1. The SMILES string of the molecule is Cc1ccc(C)c(Nc2nc(-c3ccc(O)c(O)c3)cs2)c1. The fraction of sp³-hybridized carbons (Fsp3) is 0.118. The predicted molar refractivity (Wildman–Crippen MR) is 90.1 cm³/mol. The first kappa shape index (κ1) is 14.4. The third kappa shape index (κ3) is 2.89. The second kappa shape index (κ2) is 5.69. The van der Waals surface area contributed by atoms with Gasteiger partial charge in [-0.05, 0) is 49.2 Å². The number of phenols is 2. The molecule has 4 nitrogen and oxygen atoms in total. The molecule has 1 aromatic heterocycles. The Bertz CT molecular complexity index is 827. The van der Waals surface area contributed by atoms with Gasteiger partial charge in [-0.25, -0.2) is 4.98 Å². The van der Waals surface area contributed by atoms with Crippen molar-refractivity contribution in [1.29, 1.82) is 0 Å². The molecule has 3 rings (SSSR count). The van der Waals surface area contributed by atoms with E-state index in [1.807, 2.05) is 12.3 Å². The third-order valence-electron chi connectivity index (χ3n) is 3.41. The molecule has 0 aliphatic carbocycles. The number of aromatic nitrogens is 1. The van der Waals surface area contributed by atoms with Crippen molar-refractivity contribution in [3.63, 3.8) is 0 Å². The van der Waals surface area contributed by atoms with Crippen molar-refractivity contribution in [1.82, 2.24) is 4.98 Å². The van der Waals surface area contributed by atoms with E-state index in [9.17, 15) is 10.2 Å². The summed E-state index contributed by atoms with van der Waals surface area (Å²) in [5.74, 6) is -0.276. The first-order chi connectivity index (χ1) is 10.5. The van der Waals surface area contributed by atoms with Crippen LogP contribution in [-0.4, -0.2) is 15.2 Å². The molecule has 1 heterocycles. The van der Waals surface area contributed by atoms with Crippen molar-refractivity contribution in [2.75, 3.05) is 5.32 Å². The van der Waals surface area contributed by atoms with Gasteiger partial charge in [0.15, 0.2) is 16.6 Å². The summed E-state index contributed by atoms with van der Waals surface area (Å²) in [6, 6.07) is 10.9. The summed E-state index contributed by atoms with van der Waals surface area (Å²) in [6.45, 7) is 4.10. The maximum Gasteiger partial charge on any atom is 0.187 e. The van der Waals surface area contributed by atoms with E-state index in [0.29, 0.717) is 0 Å². The molecule has 0 fully saturated rings. The first-order valence-electron chi connectivity index (χ1n) is 6.85. The number of benzene rings is 2. The van der Waals surface area contributed by atoms with Gasteiger partial charge < -0.3 is 15.5 Å². The molecule has 0 bridgehead atoms. The average Bonchev–Trinajstić information content (AvgIpc) is 2.94. The van der Waals surface area contributed by atoms with Crippen molar-refractivity contribution in [2.24, 2.45) is 0 Å². The van der Waals surface area contributed by atoms with E-state index < -0.39 is 0 Å². The van der Waals surface area contributed by atoms with Crippen molar-refractivity contribution < 1.29 is 10.2 Å². The number of phenolic OH excluding ortho intramolecular Hbond substituents is 2. The molecular formula is C17H16N2O2S. The Kier molecular flexibility index (Phi) is 3.73. The van der Waals surface area contributed by atoms with Gasteiger partial charge in [-0.3, -0.25) is 0 Å². The Morgan fingerprint density at radius 3 is 2.59 bits per heavy atom. The van der Waals surface area contributed by atoms with Gasteiger partial charge in [-0.2, -0.15) is 0 Å². The minimum atomic E-state index is -0.144. The average molecular weight is 312 g/mol. The summed E-state index contributed by atoms with van der Waals surface area (Å²) in [4.78, 5) is 4.53. The highest BCUT2D eigenvalue weighted by Crippen LogP contribution is 2.33. The molecule has 0 radical (unpaired) electrons. The van der Waals surface area contributed by atoms with Gasteiger partial charge in [0.05, 0.1) is 5.69 Å². The van der Waals surface area contributed by atoms with Crippen LogP contribution in [-0.2, 0) is 0 Å². The Morgan fingerprint density at radius 2 is 1.82 bits per heavy atom. The highest BCUT2D eigenvalue weighted by atomic mass is 32.1. The van der Waals surface area contributed by atoms with Crippen LogP contribution in [0.3, 0.4) is 0 Å². The largest absolute Gasteiger partial charge is 0.504 e. The number of thiazole rings is 1. The number of rotatable bonds is 3. The highest BCUT2D eigenvalue weighted by molar-refractivity contribution is 7.14. The lowest BCUT2D eigenvalue weighted by molar-refractivity contribution is 0.404. The van der Waals surface area contributed by atoms with Gasteiger partial charge in [0.25, 0.3) is 0 Å².